The molecular formula is C21H10F5N7. The molecule has 0 radical (unpaired) electrons. The van der Waals surface area contributed by atoms with E-state index in [1.807, 2.05) is 12.1 Å². The number of benzene rings is 2. The fourth-order valence-electron chi connectivity index (χ4n) is 3.33. The summed E-state index contributed by atoms with van der Waals surface area (Å²) in [4.78, 5) is 8.16. The quantitative estimate of drug-likeness (QED) is 0.464. The predicted molar refractivity (Wildman–Crippen MR) is 105 cm³/mol. The lowest BCUT2D eigenvalue weighted by Gasteiger charge is -2.12. The van der Waals surface area contributed by atoms with Gasteiger partial charge in [-0.3, -0.25) is 0 Å². The van der Waals surface area contributed by atoms with Crippen LogP contribution in [0.4, 0.5) is 27.9 Å². The van der Waals surface area contributed by atoms with Crippen molar-refractivity contribution in [2.24, 2.45) is 0 Å². The maximum Gasteiger partial charge on any atom is 0.419 e. The van der Waals surface area contributed by atoms with Gasteiger partial charge in [0.1, 0.15) is 11.6 Å². The van der Waals surface area contributed by atoms with E-state index in [0.717, 1.165) is 4.68 Å². The van der Waals surface area contributed by atoms with Crippen molar-refractivity contribution in [3.05, 3.63) is 70.4 Å². The molecule has 33 heavy (non-hydrogen) atoms. The van der Waals surface area contributed by atoms with Gasteiger partial charge in [0.05, 0.1) is 52.7 Å². The van der Waals surface area contributed by atoms with Crippen molar-refractivity contribution < 1.29 is 22.0 Å². The van der Waals surface area contributed by atoms with E-state index in [1.165, 1.54) is 24.4 Å². The summed E-state index contributed by atoms with van der Waals surface area (Å²) < 4.78 is 68.4. The van der Waals surface area contributed by atoms with E-state index in [9.17, 15) is 32.5 Å². The Labute approximate surface area is 182 Å². The van der Waals surface area contributed by atoms with Crippen molar-refractivity contribution in [3.8, 4) is 23.4 Å². The fourth-order valence-corrected chi connectivity index (χ4v) is 3.33. The third-order valence-electron chi connectivity index (χ3n) is 4.72. The van der Waals surface area contributed by atoms with Crippen molar-refractivity contribution in [1.29, 1.82) is 10.5 Å². The third-order valence-corrected chi connectivity index (χ3v) is 4.72. The van der Waals surface area contributed by atoms with E-state index in [2.05, 4.69) is 15.1 Å². The molecule has 0 spiro atoms. The lowest BCUT2D eigenvalue weighted by molar-refractivity contribution is -0.140. The number of nitrogen functional groups attached to an aromatic ring is 1. The van der Waals surface area contributed by atoms with Crippen LogP contribution in [-0.4, -0.2) is 19.7 Å². The number of hydrogen-bond donors (Lipinski definition) is 1. The van der Waals surface area contributed by atoms with Crippen molar-refractivity contribution >= 4 is 17.0 Å². The molecule has 4 aromatic rings. The van der Waals surface area contributed by atoms with Gasteiger partial charge in [-0.25, -0.2) is 18.4 Å². The van der Waals surface area contributed by atoms with Gasteiger partial charge in [0.2, 0.25) is 5.95 Å². The molecule has 0 fully saturated rings. The molecule has 2 aromatic heterocycles. The van der Waals surface area contributed by atoms with E-state index < -0.39 is 35.5 Å². The highest BCUT2D eigenvalue weighted by atomic mass is 19.4. The second-order valence-electron chi connectivity index (χ2n) is 6.92. The Morgan fingerprint density at radius 1 is 0.970 bits per heavy atom. The van der Waals surface area contributed by atoms with Crippen molar-refractivity contribution in [1.82, 2.24) is 19.7 Å². The fraction of sp³-hybridized carbons (Fsp3) is 0.0952. The van der Waals surface area contributed by atoms with Crippen molar-refractivity contribution in [3.63, 3.8) is 0 Å². The van der Waals surface area contributed by atoms with E-state index >= 15 is 0 Å². The first-order chi connectivity index (χ1) is 15.6. The Morgan fingerprint density at radius 3 is 2.24 bits per heavy atom. The molecule has 0 unspecified atom stereocenters. The van der Waals surface area contributed by atoms with Gasteiger partial charge < -0.3 is 5.73 Å². The van der Waals surface area contributed by atoms with Gasteiger partial charge >= 0.3 is 6.18 Å². The monoisotopic (exact) mass is 455 g/mol. The van der Waals surface area contributed by atoms with Gasteiger partial charge in [-0.1, -0.05) is 0 Å². The summed E-state index contributed by atoms with van der Waals surface area (Å²) in [7, 11) is 0. The van der Waals surface area contributed by atoms with E-state index in [0.29, 0.717) is 11.6 Å². The molecule has 0 amide bonds. The maximum atomic E-state index is 14.5. The van der Waals surface area contributed by atoms with Gasteiger partial charge in [0.25, 0.3) is 0 Å². The Hall–Kier alpha value is -4.58. The molecule has 0 atom stereocenters. The second kappa shape index (κ2) is 7.84. The first-order valence-corrected chi connectivity index (χ1v) is 9.10. The number of fused-ring (bicyclic) bond motifs is 1. The summed E-state index contributed by atoms with van der Waals surface area (Å²) in [5.41, 5.74) is 4.41. The molecule has 164 valence electrons. The van der Waals surface area contributed by atoms with Crippen LogP contribution < -0.4 is 5.73 Å². The molecule has 7 nitrogen and oxygen atoms in total. The Balaban J connectivity index is 1.87. The minimum atomic E-state index is -5.09. The standard InChI is InChI=1S/C21H10F5N7/c22-14-4-13(17(23)16(5-14)21(24,25)26)9-33-19-15(8-30-33)18(31-20(29)32-19)12-2-10(6-27)1-11(3-12)7-28/h1-5,8H,9H2,(H2,29,31,32). The normalized spacial score (nSPS) is 11.4. The number of nitrogens with two attached hydrogens (primary N) is 1. The van der Waals surface area contributed by atoms with E-state index in [-0.39, 0.29) is 39.9 Å². The molecule has 0 saturated carbocycles. The van der Waals surface area contributed by atoms with Crippen LogP contribution in [0.5, 0.6) is 0 Å². The molecule has 2 aromatic carbocycles. The molecule has 0 aliphatic heterocycles. The van der Waals surface area contributed by atoms with Crippen molar-refractivity contribution in [2.45, 2.75) is 12.7 Å². The lowest BCUT2D eigenvalue weighted by atomic mass is 10.0. The molecule has 0 saturated heterocycles. The van der Waals surface area contributed by atoms with Gasteiger partial charge in [0, 0.05) is 11.1 Å². The number of nitriles is 2. The molecule has 0 bridgehead atoms. The highest BCUT2D eigenvalue weighted by molar-refractivity contribution is 5.91. The first kappa shape index (κ1) is 21.6. The zero-order chi connectivity index (χ0) is 23.9. The topological polar surface area (TPSA) is 117 Å². The molecule has 2 N–H and O–H groups in total. The largest absolute Gasteiger partial charge is 0.419 e. The summed E-state index contributed by atoms with van der Waals surface area (Å²) in [5.74, 6) is -3.13. The zero-order valence-corrected chi connectivity index (χ0v) is 16.3. The second-order valence-corrected chi connectivity index (χ2v) is 6.92. The highest BCUT2D eigenvalue weighted by Crippen LogP contribution is 2.34. The molecule has 12 heteroatoms. The minimum absolute atomic E-state index is 0.0376. The molecule has 0 aliphatic carbocycles. The summed E-state index contributed by atoms with van der Waals surface area (Å²) in [6.07, 6.45) is -3.81. The van der Waals surface area contributed by atoms with Crippen LogP contribution in [0.25, 0.3) is 22.3 Å². The third kappa shape index (κ3) is 4.02. The Bertz CT molecular complexity index is 1460. The summed E-state index contributed by atoms with van der Waals surface area (Å²) in [6, 6.07) is 8.86. The van der Waals surface area contributed by atoms with E-state index in [1.54, 1.807) is 0 Å². The molecular weight excluding hydrogens is 445 g/mol. The predicted octanol–water partition coefficient (Wildman–Crippen LogP) is 4.16. The number of alkyl halides is 3. The number of hydrogen-bond acceptors (Lipinski definition) is 6. The van der Waals surface area contributed by atoms with Crippen LogP contribution in [0, 0.1) is 34.3 Å². The summed E-state index contributed by atoms with van der Waals surface area (Å²) in [6.45, 7) is -0.576. The number of nitrogens with zero attached hydrogens (tertiary/aromatic N) is 6. The Kier molecular flexibility index (Phi) is 5.14. The molecule has 2 heterocycles. The van der Waals surface area contributed by atoms with Crippen LogP contribution in [0.1, 0.15) is 22.3 Å². The number of aromatic nitrogens is 4. The van der Waals surface area contributed by atoms with Gasteiger partial charge in [-0.15, -0.1) is 0 Å². The first-order valence-electron chi connectivity index (χ1n) is 9.10. The van der Waals surface area contributed by atoms with Gasteiger partial charge in [-0.2, -0.15) is 33.8 Å². The molecule has 0 aliphatic rings. The highest BCUT2D eigenvalue weighted by Gasteiger charge is 2.36. The van der Waals surface area contributed by atoms with Crippen LogP contribution in [-0.2, 0) is 12.7 Å². The van der Waals surface area contributed by atoms with E-state index in [4.69, 9.17) is 5.73 Å². The van der Waals surface area contributed by atoms with Gasteiger partial charge in [0.15, 0.2) is 5.65 Å². The number of rotatable bonds is 3. The number of anilines is 1. The summed E-state index contributed by atoms with van der Waals surface area (Å²) in [5, 5.41) is 22.7. The number of halogens is 5. The van der Waals surface area contributed by atoms with Gasteiger partial charge in [-0.05, 0) is 30.3 Å². The van der Waals surface area contributed by atoms with Crippen LogP contribution >= 0.6 is 0 Å². The summed E-state index contributed by atoms with van der Waals surface area (Å²) >= 11 is 0. The average Bonchev–Trinajstić information content (AvgIpc) is 3.16. The van der Waals surface area contributed by atoms with Crippen LogP contribution in [0.3, 0.4) is 0 Å². The van der Waals surface area contributed by atoms with Crippen LogP contribution in [0.15, 0.2) is 36.5 Å². The zero-order valence-electron chi connectivity index (χ0n) is 16.3. The van der Waals surface area contributed by atoms with Crippen molar-refractivity contribution in [2.75, 3.05) is 5.73 Å². The maximum absolute atomic E-state index is 14.5. The van der Waals surface area contributed by atoms with Crippen LogP contribution in [0.2, 0.25) is 0 Å². The minimum Gasteiger partial charge on any atom is -0.368 e. The SMILES string of the molecule is N#Cc1cc(C#N)cc(-c2nc(N)nc3c2cnn3Cc2cc(F)cc(C(F)(F)F)c2F)c1. The average molecular weight is 455 g/mol. The Morgan fingerprint density at radius 2 is 1.64 bits per heavy atom. The molecule has 4 rings (SSSR count). The lowest BCUT2D eigenvalue weighted by Crippen LogP contribution is -2.13. The smallest absolute Gasteiger partial charge is 0.368 e.